The molecule has 0 aliphatic carbocycles. The highest BCUT2D eigenvalue weighted by atomic mass is 31.2. The summed E-state index contributed by atoms with van der Waals surface area (Å²) in [6.45, 7) is 9.56. The van der Waals surface area contributed by atoms with E-state index in [9.17, 15) is 43.2 Å². The number of carbonyl (C=O) groups excluding carboxylic acids is 4. The van der Waals surface area contributed by atoms with Crippen LogP contribution in [0, 0.1) is 11.8 Å². The molecular weight excluding hydrogens is 1210 g/mol. The molecule has 2 unspecified atom stereocenters. The zero-order chi connectivity index (χ0) is 67.9. The monoisotopic (exact) mass is 1350 g/mol. The summed E-state index contributed by atoms with van der Waals surface area (Å²) in [5.74, 6) is -0.599. The van der Waals surface area contributed by atoms with Crippen molar-refractivity contribution in [2.75, 3.05) is 39.6 Å². The minimum atomic E-state index is -4.95. The fraction of sp³-hybridized carbons (Fsp3) is 0.945. The van der Waals surface area contributed by atoms with Gasteiger partial charge in [0.2, 0.25) is 0 Å². The van der Waals surface area contributed by atoms with Crippen molar-refractivity contribution in [1.82, 2.24) is 0 Å². The number of aliphatic hydroxyl groups is 1. The number of phosphoric acid groups is 2. The lowest BCUT2D eigenvalue weighted by Crippen LogP contribution is -2.30. The van der Waals surface area contributed by atoms with Gasteiger partial charge in [0.15, 0.2) is 12.2 Å². The van der Waals surface area contributed by atoms with Crippen LogP contribution in [-0.4, -0.2) is 96.7 Å². The summed E-state index contributed by atoms with van der Waals surface area (Å²) >= 11 is 0. The quantitative estimate of drug-likeness (QED) is 0.0222. The predicted molar refractivity (Wildman–Crippen MR) is 372 cm³/mol. The Hall–Kier alpha value is -1.94. The van der Waals surface area contributed by atoms with Crippen molar-refractivity contribution in [3.8, 4) is 0 Å². The largest absolute Gasteiger partial charge is 0.472 e. The molecule has 5 atom stereocenters. The second kappa shape index (κ2) is 65.0. The third-order valence-corrected chi connectivity index (χ3v) is 18.9. The maximum Gasteiger partial charge on any atom is 0.472 e. The van der Waals surface area contributed by atoms with Crippen LogP contribution < -0.4 is 0 Å². The van der Waals surface area contributed by atoms with Crippen LogP contribution in [0.4, 0.5) is 0 Å². The molecule has 0 radical (unpaired) electrons. The molecule has 0 bridgehead atoms. The van der Waals surface area contributed by atoms with Gasteiger partial charge in [0, 0.05) is 25.7 Å². The molecule has 0 aromatic heterocycles. The van der Waals surface area contributed by atoms with E-state index in [4.69, 9.17) is 37.0 Å². The molecule has 0 aliphatic rings. The Labute approximate surface area is 562 Å². The van der Waals surface area contributed by atoms with Gasteiger partial charge in [-0.15, -0.1) is 0 Å². The van der Waals surface area contributed by atoms with Gasteiger partial charge in [-0.3, -0.25) is 37.3 Å². The third-order valence-electron chi connectivity index (χ3n) is 17.0. The van der Waals surface area contributed by atoms with E-state index in [0.29, 0.717) is 25.7 Å². The lowest BCUT2D eigenvalue weighted by Gasteiger charge is -2.21. The molecule has 0 aromatic carbocycles. The van der Waals surface area contributed by atoms with E-state index < -0.39 is 97.5 Å². The van der Waals surface area contributed by atoms with E-state index >= 15 is 0 Å². The Balaban J connectivity index is 5.23. The van der Waals surface area contributed by atoms with Crippen molar-refractivity contribution in [3.05, 3.63) is 0 Å². The van der Waals surface area contributed by atoms with Gasteiger partial charge in [-0.05, 0) is 37.5 Å². The predicted octanol–water partition coefficient (Wildman–Crippen LogP) is 21.2. The van der Waals surface area contributed by atoms with Gasteiger partial charge < -0.3 is 33.8 Å². The first kappa shape index (κ1) is 90.1. The molecule has 17 nitrogen and oxygen atoms in total. The number of hydrogen-bond donors (Lipinski definition) is 3. The highest BCUT2D eigenvalue weighted by Gasteiger charge is 2.30. The van der Waals surface area contributed by atoms with Crippen molar-refractivity contribution in [2.24, 2.45) is 11.8 Å². The molecule has 3 N–H and O–H groups in total. The van der Waals surface area contributed by atoms with Crippen molar-refractivity contribution in [1.29, 1.82) is 0 Å². The summed E-state index contributed by atoms with van der Waals surface area (Å²) in [5, 5.41) is 10.6. The number of phosphoric ester groups is 2. The second-order valence-electron chi connectivity index (χ2n) is 27.3. The minimum Gasteiger partial charge on any atom is -0.462 e. The molecule has 0 saturated heterocycles. The number of ether oxygens (including phenoxy) is 4. The van der Waals surface area contributed by atoms with Gasteiger partial charge in [-0.2, -0.15) is 0 Å². The summed E-state index contributed by atoms with van der Waals surface area (Å²) in [5.41, 5.74) is 0. The second-order valence-corrected chi connectivity index (χ2v) is 30.2. The smallest absolute Gasteiger partial charge is 0.462 e. The molecule has 0 amide bonds. The summed E-state index contributed by atoms with van der Waals surface area (Å²) in [6.07, 6.45) is 51.3. The van der Waals surface area contributed by atoms with E-state index in [1.807, 2.05) is 0 Å². The van der Waals surface area contributed by atoms with Crippen LogP contribution in [0.25, 0.3) is 0 Å². The first-order valence-corrected chi connectivity index (χ1v) is 41.0. The van der Waals surface area contributed by atoms with E-state index in [-0.39, 0.29) is 25.7 Å². The van der Waals surface area contributed by atoms with Crippen LogP contribution >= 0.6 is 15.6 Å². The zero-order valence-corrected chi connectivity index (χ0v) is 61.6. The third kappa shape index (κ3) is 66.7. The molecule has 0 fully saturated rings. The molecule has 0 rings (SSSR count). The Morgan fingerprint density at radius 1 is 0.293 bits per heavy atom. The van der Waals surface area contributed by atoms with Crippen molar-refractivity contribution in [2.45, 2.75) is 394 Å². The fourth-order valence-electron chi connectivity index (χ4n) is 11.1. The maximum atomic E-state index is 13.1. The maximum absolute atomic E-state index is 13.1. The average Bonchev–Trinajstić information content (AvgIpc) is 3.56. The van der Waals surface area contributed by atoms with Crippen LogP contribution in [0.2, 0.25) is 0 Å². The molecule has 0 saturated carbocycles. The summed E-state index contributed by atoms with van der Waals surface area (Å²) in [7, 11) is -9.90. The van der Waals surface area contributed by atoms with Crippen molar-refractivity contribution in [3.63, 3.8) is 0 Å². The van der Waals surface area contributed by atoms with Crippen molar-refractivity contribution < 1.29 is 80.2 Å². The van der Waals surface area contributed by atoms with Crippen LogP contribution in [-0.2, 0) is 65.4 Å². The molecule has 92 heavy (non-hydrogen) atoms. The fourth-order valence-corrected chi connectivity index (χ4v) is 12.7. The van der Waals surface area contributed by atoms with Crippen LogP contribution in [0.3, 0.4) is 0 Å². The lowest BCUT2D eigenvalue weighted by atomic mass is 10.0. The minimum absolute atomic E-state index is 0.105. The number of esters is 4. The summed E-state index contributed by atoms with van der Waals surface area (Å²) in [6, 6.07) is 0. The van der Waals surface area contributed by atoms with Crippen LogP contribution in [0.5, 0.6) is 0 Å². The number of carbonyl (C=O) groups is 4. The van der Waals surface area contributed by atoms with Crippen LogP contribution in [0.15, 0.2) is 0 Å². The van der Waals surface area contributed by atoms with Gasteiger partial charge in [0.05, 0.1) is 26.4 Å². The molecule has 546 valence electrons. The normalized spacial score (nSPS) is 14.1. The van der Waals surface area contributed by atoms with E-state index in [1.54, 1.807) is 0 Å². The lowest BCUT2D eigenvalue weighted by molar-refractivity contribution is -0.161. The topological polar surface area (TPSA) is 237 Å². The Morgan fingerprint density at radius 2 is 0.500 bits per heavy atom. The highest BCUT2D eigenvalue weighted by Crippen LogP contribution is 2.45. The van der Waals surface area contributed by atoms with Crippen molar-refractivity contribution >= 4 is 39.5 Å². The van der Waals surface area contributed by atoms with E-state index in [0.717, 1.165) is 102 Å². The van der Waals surface area contributed by atoms with E-state index in [1.165, 1.54) is 193 Å². The molecule has 0 aliphatic heterocycles. The molecule has 0 aromatic rings. The Morgan fingerprint density at radius 3 is 0.739 bits per heavy atom. The first-order chi connectivity index (χ1) is 44.4. The SMILES string of the molecule is CCCCCCCCCCCCCCC(=O)OC[C@H](COP(=O)(O)OC[C@@H](O)COP(=O)(O)OC[C@@H](COC(=O)CCCCCCCCCCCCC)OC(=O)CCCCCCCCCCC(C)C)OC(=O)CCCCCCCCCCCCCCCCCC(C)C. The number of aliphatic hydroxyl groups excluding tert-OH is 1. The highest BCUT2D eigenvalue weighted by molar-refractivity contribution is 7.47. The molecular formula is C73H142O17P2. The van der Waals surface area contributed by atoms with Gasteiger partial charge in [0.25, 0.3) is 0 Å². The Kier molecular flexibility index (Phi) is 63.7. The van der Waals surface area contributed by atoms with Gasteiger partial charge in [0.1, 0.15) is 19.3 Å². The number of hydrogen-bond acceptors (Lipinski definition) is 15. The summed E-state index contributed by atoms with van der Waals surface area (Å²) in [4.78, 5) is 72.6. The standard InChI is InChI=1S/C73H142O17P2/c1-7-9-11-13-15-17-19-27-31-38-44-50-56-71(76)84-61-68(89-72(77)57-51-45-39-32-28-24-22-20-21-23-26-29-35-41-47-53-65(3)4)63-87-91(79,80)85-59-67(74)60-86-92(81,82)88-64-69(90-73(78)58-52-46-40-34-33-36-42-48-54-66(5)6)62-83-70(75)55-49-43-37-30-25-18-16-14-12-10-8-2/h65-69,74H,7-64H2,1-6H3,(H,79,80)(H,81,82)/t67-,68-,69-/m1/s1. The van der Waals surface area contributed by atoms with Gasteiger partial charge >= 0.3 is 39.5 Å². The van der Waals surface area contributed by atoms with Gasteiger partial charge in [-0.1, -0.05) is 324 Å². The molecule has 19 heteroatoms. The average molecular weight is 1350 g/mol. The molecule has 0 spiro atoms. The number of unbranched alkanes of at least 4 members (excludes halogenated alkanes) is 42. The number of rotatable bonds is 72. The van der Waals surface area contributed by atoms with E-state index in [2.05, 4.69) is 41.5 Å². The van der Waals surface area contributed by atoms with Crippen LogP contribution in [0.1, 0.15) is 375 Å². The molecule has 0 heterocycles. The summed E-state index contributed by atoms with van der Waals surface area (Å²) < 4.78 is 68.4. The zero-order valence-electron chi connectivity index (χ0n) is 59.9. The first-order valence-electron chi connectivity index (χ1n) is 38.0. The Bertz CT molecular complexity index is 1790. The van der Waals surface area contributed by atoms with Gasteiger partial charge in [-0.25, -0.2) is 9.13 Å².